The van der Waals surface area contributed by atoms with Gasteiger partial charge < -0.3 is 25.2 Å². The molecule has 5 atom stereocenters. The van der Waals surface area contributed by atoms with Crippen molar-refractivity contribution in [2.75, 3.05) is 6.61 Å². The largest absolute Gasteiger partial charge is 0.394 e. The molecule has 0 bridgehead atoms. The third-order valence-corrected chi connectivity index (χ3v) is 6.22. The monoisotopic (exact) mass is 404 g/mol. The number of ether oxygens (including phenoxy) is 1. The van der Waals surface area contributed by atoms with Gasteiger partial charge in [0.25, 0.3) is 0 Å². The van der Waals surface area contributed by atoms with Crippen molar-refractivity contribution in [3.05, 3.63) is 70.4 Å². The quantitative estimate of drug-likeness (QED) is 0.523. The Bertz CT molecular complexity index is 941. The normalized spacial score (nSPS) is 26.0. The molecule has 5 nitrogen and oxygen atoms in total. The van der Waals surface area contributed by atoms with Crippen LogP contribution in [0.25, 0.3) is 10.1 Å². The third kappa shape index (κ3) is 3.57. The van der Waals surface area contributed by atoms with Crippen LogP contribution in [0.5, 0.6) is 0 Å². The molecular formula is C21H21FO5S. The molecule has 4 rings (SSSR count). The summed E-state index contributed by atoms with van der Waals surface area (Å²) >= 11 is 1.60. The standard InChI is InChI=1S/C21H21FO5S/c22-15-6-5-12(20-18(25)19(26)21(27-20)16(24)10-23)7-13(15)9-14-8-11-3-1-2-4-17(11)28-14/h1-8,16,18-21,23-26H,9-10H2/t16-,18-,19-,20?,21-/m1/s1. The van der Waals surface area contributed by atoms with Crippen molar-refractivity contribution in [3.63, 3.8) is 0 Å². The topological polar surface area (TPSA) is 90.2 Å². The summed E-state index contributed by atoms with van der Waals surface area (Å²) in [5.41, 5.74) is 0.970. The lowest BCUT2D eigenvalue weighted by Crippen LogP contribution is -2.40. The maximum Gasteiger partial charge on any atom is 0.126 e. The molecule has 0 saturated carbocycles. The van der Waals surface area contributed by atoms with Gasteiger partial charge >= 0.3 is 0 Å². The van der Waals surface area contributed by atoms with Crippen LogP contribution < -0.4 is 0 Å². The number of rotatable bonds is 5. The van der Waals surface area contributed by atoms with Gasteiger partial charge in [-0.05, 0) is 40.8 Å². The summed E-state index contributed by atoms with van der Waals surface area (Å²) < 4.78 is 21.1. The van der Waals surface area contributed by atoms with Crippen LogP contribution in [-0.4, -0.2) is 51.4 Å². The van der Waals surface area contributed by atoms with Gasteiger partial charge in [-0.3, -0.25) is 0 Å². The molecular weight excluding hydrogens is 383 g/mol. The molecule has 1 aliphatic heterocycles. The summed E-state index contributed by atoms with van der Waals surface area (Å²) in [6, 6.07) is 14.4. The van der Waals surface area contributed by atoms with Crippen molar-refractivity contribution in [1.29, 1.82) is 0 Å². The second-order valence-corrected chi connectivity index (χ2v) is 8.20. The molecule has 1 unspecified atom stereocenters. The minimum absolute atomic E-state index is 0.360. The van der Waals surface area contributed by atoms with Crippen molar-refractivity contribution >= 4 is 21.4 Å². The Kier molecular flexibility index (Phi) is 5.46. The third-order valence-electron chi connectivity index (χ3n) is 5.11. The summed E-state index contributed by atoms with van der Waals surface area (Å²) in [6.07, 6.45) is -5.57. The van der Waals surface area contributed by atoms with Gasteiger partial charge in [0.2, 0.25) is 0 Å². The Morgan fingerprint density at radius 2 is 1.86 bits per heavy atom. The Hall–Kier alpha value is -1.87. The molecule has 0 amide bonds. The molecule has 28 heavy (non-hydrogen) atoms. The summed E-state index contributed by atoms with van der Waals surface area (Å²) in [4.78, 5) is 1.01. The van der Waals surface area contributed by atoms with Gasteiger partial charge in [-0.2, -0.15) is 0 Å². The molecule has 3 aromatic rings. The van der Waals surface area contributed by atoms with E-state index < -0.39 is 37.1 Å². The van der Waals surface area contributed by atoms with Gasteiger partial charge in [-0.15, -0.1) is 11.3 Å². The highest BCUT2D eigenvalue weighted by Crippen LogP contribution is 2.36. The Labute approximate surface area is 165 Å². The van der Waals surface area contributed by atoms with Gasteiger partial charge in [0.05, 0.1) is 6.61 Å². The highest BCUT2D eigenvalue weighted by atomic mass is 32.1. The van der Waals surface area contributed by atoms with Gasteiger partial charge in [0, 0.05) is 16.0 Å². The minimum atomic E-state index is -1.34. The summed E-state index contributed by atoms with van der Waals surface area (Å²) in [6.45, 7) is -0.595. The summed E-state index contributed by atoms with van der Waals surface area (Å²) in [7, 11) is 0. The van der Waals surface area contributed by atoms with Gasteiger partial charge in [-0.1, -0.05) is 24.3 Å². The molecule has 1 aliphatic rings. The van der Waals surface area contributed by atoms with Crippen LogP contribution in [0.15, 0.2) is 48.5 Å². The second-order valence-electron chi connectivity index (χ2n) is 7.03. The van der Waals surface area contributed by atoms with Crippen molar-refractivity contribution in [2.45, 2.75) is 36.9 Å². The highest BCUT2D eigenvalue weighted by molar-refractivity contribution is 7.19. The molecule has 1 saturated heterocycles. The number of thiophene rings is 1. The zero-order chi connectivity index (χ0) is 19.8. The number of aliphatic hydroxyl groups excluding tert-OH is 4. The van der Waals surface area contributed by atoms with Crippen LogP contribution in [0.1, 0.15) is 22.1 Å². The number of fused-ring (bicyclic) bond motifs is 1. The van der Waals surface area contributed by atoms with Crippen molar-refractivity contribution in [1.82, 2.24) is 0 Å². The zero-order valence-corrected chi connectivity index (χ0v) is 15.7. The molecule has 148 valence electrons. The van der Waals surface area contributed by atoms with E-state index in [-0.39, 0.29) is 5.82 Å². The average Bonchev–Trinajstić information content (AvgIpc) is 3.24. The fourth-order valence-corrected chi connectivity index (χ4v) is 4.71. The molecule has 7 heteroatoms. The number of halogens is 1. The van der Waals surface area contributed by atoms with Crippen molar-refractivity contribution < 1.29 is 29.6 Å². The molecule has 2 heterocycles. The molecule has 0 radical (unpaired) electrons. The van der Waals surface area contributed by atoms with Gasteiger partial charge in [-0.25, -0.2) is 4.39 Å². The van der Waals surface area contributed by atoms with Crippen molar-refractivity contribution in [3.8, 4) is 0 Å². The summed E-state index contributed by atoms with van der Waals surface area (Å²) in [5, 5.41) is 40.4. The number of benzene rings is 2. The lowest BCUT2D eigenvalue weighted by Gasteiger charge is -2.19. The second kappa shape index (κ2) is 7.87. The lowest BCUT2D eigenvalue weighted by molar-refractivity contribution is -0.0820. The average molecular weight is 404 g/mol. The summed E-state index contributed by atoms with van der Waals surface area (Å²) in [5.74, 6) is -0.360. The van der Waals surface area contributed by atoms with E-state index in [0.29, 0.717) is 17.5 Å². The Balaban J connectivity index is 1.60. The van der Waals surface area contributed by atoms with Crippen LogP contribution >= 0.6 is 11.3 Å². The van der Waals surface area contributed by atoms with Crippen LogP contribution in [0.4, 0.5) is 4.39 Å². The van der Waals surface area contributed by atoms with Crippen LogP contribution in [0, 0.1) is 5.82 Å². The van der Waals surface area contributed by atoms with E-state index in [1.165, 1.54) is 12.1 Å². The van der Waals surface area contributed by atoms with Gasteiger partial charge in [0.1, 0.15) is 36.3 Å². The molecule has 0 aliphatic carbocycles. The highest BCUT2D eigenvalue weighted by Gasteiger charge is 2.46. The van der Waals surface area contributed by atoms with Crippen LogP contribution in [0.3, 0.4) is 0 Å². The van der Waals surface area contributed by atoms with E-state index in [1.807, 2.05) is 30.3 Å². The lowest BCUT2D eigenvalue weighted by atomic mass is 9.97. The van der Waals surface area contributed by atoms with E-state index in [1.54, 1.807) is 17.4 Å². The van der Waals surface area contributed by atoms with Crippen LogP contribution in [0.2, 0.25) is 0 Å². The van der Waals surface area contributed by atoms with E-state index in [9.17, 15) is 19.7 Å². The SMILES string of the molecule is OC[C@@H](O)[C@H]1OC(c2ccc(F)c(Cc3cc4ccccc4s3)c2)[C@H](O)[C@H]1O. The first kappa shape index (κ1) is 19.4. The molecule has 0 spiro atoms. The number of hydrogen-bond donors (Lipinski definition) is 4. The van der Waals surface area contributed by atoms with E-state index in [0.717, 1.165) is 15.0 Å². The fourth-order valence-electron chi connectivity index (χ4n) is 3.62. The number of aliphatic hydroxyl groups is 4. The Morgan fingerprint density at radius 1 is 1.07 bits per heavy atom. The first-order valence-electron chi connectivity index (χ1n) is 9.04. The molecule has 1 aromatic heterocycles. The zero-order valence-electron chi connectivity index (χ0n) is 14.9. The molecule has 1 fully saturated rings. The molecule has 2 aromatic carbocycles. The maximum atomic E-state index is 14.4. The minimum Gasteiger partial charge on any atom is -0.394 e. The molecule has 4 N–H and O–H groups in total. The predicted octanol–water partition coefficient (Wildman–Crippen LogP) is 2.15. The first-order chi connectivity index (χ1) is 13.5. The first-order valence-corrected chi connectivity index (χ1v) is 9.86. The van der Waals surface area contributed by atoms with E-state index >= 15 is 0 Å². The van der Waals surface area contributed by atoms with Crippen LogP contribution in [-0.2, 0) is 11.2 Å². The van der Waals surface area contributed by atoms with Crippen molar-refractivity contribution in [2.24, 2.45) is 0 Å². The fraction of sp³-hybridized carbons (Fsp3) is 0.333. The Morgan fingerprint density at radius 3 is 2.61 bits per heavy atom. The van der Waals surface area contributed by atoms with E-state index in [2.05, 4.69) is 0 Å². The van der Waals surface area contributed by atoms with E-state index in [4.69, 9.17) is 9.84 Å². The smallest absolute Gasteiger partial charge is 0.126 e. The maximum absolute atomic E-state index is 14.4. The van der Waals surface area contributed by atoms with Gasteiger partial charge in [0.15, 0.2) is 0 Å². The predicted molar refractivity (Wildman–Crippen MR) is 104 cm³/mol. The number of hydrogen-bond acceptors (Lipinski definition) is 6.